The molecule has 2 rings (SSSR count). The molecular weight excluding hydrogens is 359 g/mol. The summed E-state index contributed by atoms with van der Waals surface area (Å²) in [6.45, 7) is 1.97. The van der Waals surface area contributed by atoms with E-state index in [4.69, 9.17) is 29.0 Å². The van der Waals surface area contributed by atoms with E-state index in [1.54, 1.807) is 0 Å². The Morgan fingerprint density at radius 3 is 2.50 bits per heavy atom. The second-order valence-electron chi connectivity index (χ2n) is 4.67. The molecule has 3 N–H and O–H groups in total. The molecule has 0 saturated carbocycles. The fourth-order valence-electron chi connectivity index (χ4n) is 2.01. The molecule has 0 saturated heterocycles. The van der Waals surface area contributed by atoms with Gasteiger partial charge < -0.3 is 0 Å². The standard InChI is InChI=1S/C15H15BrCl2N2/c1-9-2-3-11(6-13(9)17)15(20-19)7-10-4-5-12(16)8-14(10)18/h2-6,8,15,20H,7,19H2,1H3. The third-order valence-corrected chi connectivity index (χ3v) is 4.49. The van der Waals surface area contributed by atoms with Gasteiger partial charge in [0, 0.05) is 14.5 Å². The second-order valence-corrected chi connectivity index (χ2v) is 6.40. The predicted molar refractivity (Wildman–Crippen MR) is 89.1 cm³/mol. The van der Waals surface area contributed by atoms with Gasteiger partial charge in [0.25, 0.3) is 0 Å². The zero-order chi connectivity index (χ0) is 14.7. The number of aryl methyl sites for hydroxylation is 1. The monoisotopic (exact) mass is 372 g/mol. The van der Waals surface area contributed by atoms with Crippen molar-refractivity contribution >= 4 is 39.1 Å². The van der Waals surface area contributed by atoms with Crippen molar-refractivity contribution in [1.29, 1.82) is 0 Å². The van der Waals surface area contributed by atoms with Crippen LogP contribution in [0.2, 0.25) is 10.0 Å². The first kappa shape index (κ1) is 15.8. The molecule has 0 aliphatic rings. The molecule has 106 valence electrons. The van der Waals surface area contributed by atoms with Gasteiger partial charge in [-0.05, 0) is 48.2 Å². The molecule has 0 aromatic heterocycles. The van der Waals surface area contributed by atoms with E-state index in [-0.39, 0.29) is 6.04 Å². The highest BCUT2D eigenvalue weighted by atomic mass is 79.9. The average Bonchev–Trinajstić information content (AvgIpc) is 2.41. The first-order valence-electron chi connectivity index (χ1n) is 6.17. The summed E-state index contributed by atoms with van der Waals surface area (Å²) in [6.07, 6.45) is 0.696. The lowest BCUT2D eigenvalue weighted by atomic mass is 9.98. The summed E-state index contributed by atoms with van der Waals surface area (Å²) in [5.41, 5.74) is 5.96. The maximum atomic E-state index is 6.25. The van der Waals surface area contributed by atoms with Gasteiger partial charge in [-0.3, -0.25) is 11.3 Å². The first-order chi connectivity index (χ1) is 9.51. The lowest BCUT2D eigenvalue weighted by Gasteiger charge is -2.18. The Labute approximate surface area is 137 Å². The van der Waals surface area contributed by atoms with Gasteiger partial charge in [0.2, 0.25) is 0 Å². The molecular formula is C15H15BrCl2N2. The van der Waals surface area contributed by atoms with Gasteiger partial charge in [-0.25, -0.2) is 0 Å². The minimum absolute atomic E-state index is 0.0354. The van der Waals surface area contributed by atoms with Crippen molar-refractivity contribution in [3.05, 3.63) is 67.6 Å². The Morgan fingerprint density at radius 1 is 1.15 bits per heavy atom. The molecule has 0 aliphatic carbocycles. The fourth-order valence-corrected chi connectivity index (χ4v) is 2.95. The van der Waals surface area contributed by atoms with Crippen molar-refractivity contribution in [2.75, 3.05) is 0 Å². The third-order valence-electron chi connectivity index (χ3n) is 3.24. The van der Waals surface area contributed by atoms with Crippen LogP contribution in [0.4, 0.5) is 0 Å². The number of rotatable bonds is 4. The lowest BCUT2D eigenvalue weighted by Crippen LogP contribution is -2.29. The largest absolute Gasteiger partial charge is 0.271 e. The molecule has 1 atom stereocenters. The van der Waals surface area contributed by atoms with Crippen LogP contribution in [-0.2, 0) is 6.42 Å². The zero-order valence-corrected chi connectivity index (χ0v) is 14.1. The molecule has 0 amide bonds. The number of halogens is 3. The fraction of sp³-hybridized carbons (Fsp3) is 0.200. The summed E-state index contributed by atoms with van der Waals surface area (Å²) in [4.78, 5) is 0. The van der Waals surface area contributed by atoms with Crippen molar-refractivity contribution in [2.24, 2.45) is 5.84 Å². The number of hydrogen-bond donors (Lipinski definition) is 2. The smallest absolute Gasteiger partial charge is 0.0501 e. The molecule has 2 aromatic rings. The Balaban J connectivity index is 2.26. The van der Waals surface area contributed by atoms with Crippen LogP contribution >= 0.6 is 39.1 Å². The summed E-state index contributed by atoms with van der Waals surface area (Å²) in [6, 6.07) is 11.8. The molecule has 0 bridgehead atoms. The van der Waals surface area contributed by atoms with Crippen LogP contribution in [0.1, 0.15) is 22.7 Å². The Kier molecular flexibility index (Phi) is 5.47. The summed E-state index contributed by atoms with van der Waals surface area (Å²) in [7, 11) is 0. The normalized spacial score (nSPS) is 12.4. The van der Waals surface area contributed by atoms with Crippen LogP contribution in [0, 0.1) is 6.92 Å². The van der Waals surface area contributed by atoms with Gasteiger partial charge in [-0.15, -0.1) is 0 Å². The number of nitrogens with one attached hydrogen (secondary N) is 1. The van der Waals surface area contributed by atoms with Gasteiger partial charge in [0.15, 0.2) is 0 Å². The highest BCUT2D eigenvalue weighted by Crippen LogP contribution is 2.28. The van der Waals surface area contributed by atoms with E-state index in [1.165, 1.54) is 0 Å². The molecule has 0 spiro atoms. The zero-order valence-electron chi connectivity index (χ0n) is 11.0. The average molecular weight is 374 g/mol. The minimum atomic E-state index is -0.0354. The topological polar surface area (TPSA) is 38.0 Å². The van der Waals surface area contributed by atoms with Crippen molar-refractivity contribution < 1.29 is 0 Å². The SMILES string of the molecule is Cc1ccc(C(Cc2ccc(Br)cc2Cl)NN)cc1Cl. The van der Waals surface area contributed by atoms with Gasteiger partial charge in [0.1, 0.15) is 0 Å². The summed E-state index contributed by atoms with van der Waals surface area (Å²) < 4.78 is 0.960. The molecule has 5 heteroatoms. The van der Waals surface area contributed by atoms with Gasteiger partial charge in [0.05, 0.1) is 6.04 Å². The first-order valence-corrected chi connectivity index (χ1v) is 7.72. The van der Waals surface area contributed by atoms with E-state index in [9.17, 15) is 0 Å². The molecule has 2 nitrogen and oxygen atoms in total. The van der Waals surface area contributed by atoms with Gasteiger partial charge >= 0.3 is 0 Å². The maximum Gasteiger partial charge on any atom is 0.0501 e. The minimum Gasteiger partial charge on any atom is -0.271 e. The van der Waals surface area contributed by atoms with Crippen molar-refractivity contribution in [1.82, 2.24) is 5.43 Å². The molecule has 0 radical (unpaired) electrons. The quantitative estimate of drug-likeness (QED) is 0.596. The van der Waals surface area contributed by atoms with Crippen LogP contribution in [0.25, 0.3) is 0 Å². The molecule has 0 fully saturated rings. The van der Waals surface area contributed by atoms with Crippen molar-refractivity contribution in [2.45, 2.75) is 19.4 Å². The Hall–Kier alpha value is -0.580. The third kappa shape index (κ3) is 3.74. The summed E-state index contributed by atoms with van der Waals surface area (Å²) in [5.74, 6) is 5.68. The number of hydrazine groups is 1. The lowest BCUT2D eigenvalue weighted by molar-refractivity contribution is 0.552. The Bertz CT molecular complexity index is 617. The van der Waals surface area contributed by atoms with Crippen LogP contribution < -0.4 is 11.3 Å². The van der Waals surface area contributed by atoms with Crippen LogP contribution in [0.5, 0.6) is 0 Å². The molecule has 2 aromatic carbocycles. The highest BCUT2D eigenvalue weighted by Gasteiger charge is 2.13. The van der Waals surface area contributed by atoms with E-state index >= 15 is 0 Å². The number of benzene rings is 2. The molecule has 20 heavy (non-hydrogen) atoms. The molecule has 1 unspecified atom stereocenters. The van der Waals surface area contributed by atoms with Crippen molar-refractivity contribution in [3.63, 3.8) is 0 Å². The predicted octanol–water partition coefficient (Wildman–Crippen LogP) is 4.81. The van der Waals surface area contributed by atoms with E-state index in [0.29, 0.717) is 6.42 Å². The summed E-state index contributed by atoms with van der Waals surface area (Å²) >= 11 is 15.8. The van der Waals surface area contributed by atoms with Crippen LogP contribution in [0.15, 0.2) is 40.9 Å². The molecule has 0 heterocycles. The van der Waals surface area contributed by atoms with Crippen molar-refractivity contribution in [3.8, 4) is 0 Å². The van der Waals surface area contributed by atoms with E-state index < -0.39 is 0 Å². The summed E-state index contributed by atoms with van der Waals surface area (Å²) in [5, 5.41) is 1.46. The maximum absolute atomic E-state index is 6.25. The van der Waals surface area contributed by atoms with E-state index in [0.717, 1.165) is 31.2 Å². The number of hydrogen-bond acceptors (Lipinski definition) is 2. The van der Waals surface area contributed by atoms with Gasteiger partial charge in [-0.1, -0.05) is 57.3 Å². The van der Waals surface area contributed by atoms with E-state index in [1.807, 2.05) is 43.3 Å². The second kappa shape index (κ2) is 6.92. The van der Waals surface area contributed by atoms with Crippen LogP contribution in [0.3, 0.4) is 0 Å². The van der Waals surface area contributed by atoms with Crippen LogP contribution in [-0.4, -0.2) is 0 Å². The molecule has 0 aliphatic heterocycles. The van der Waals surface area contributed by atoms with Gasteiger partial charge in [-0.2, -0.15) is 0 Å². The Morgan fingerprint density at radius 2 is 1.90 bits per heavy atom. The highest BCUT2D eigenvalue weighted by molar-refractivity contribution is 9.10. The number of nitrogens with two attached hydrogens (primary N) is 1. The van der Waals surface area contributed by atoms with E-state index in [2.05, 4.69) is 21.4 Å².